The molecule has 1 aromatic rings. The Bertz CT molecular complexity index is 435. The van der Waals surface area contributed by atoms with E-state index in [0.29, 0.717) is 6.42 Å². The molecule has 2 rings (SSSR count). The Kier molecular flexibility index (Phi) is 6.24. The normalized spacial score (nSPS) is 17.4. The van der Waals surface area contributed by atoms with Gasteiger partial charge in [0.2, 0.25) is 0 Å². The number of hydrogen-bond donors (Lipinski definition) is 0. The number of benzene rings is 1. The van der Waals surface area contributed by atoms with Gasteiger partial charge in [-0.15, -0.1) is 0 Å². The molecule has 0 N–H and O–H groups in total. The number of ketones is 1. The Hall–Kier alpha value is -1.35. The van der Waals surface area contributed by atoms with E-state index in [2.05, 4.69) is 11.8 Å². The molecule has 1 aliphatic heterocycles. The summed E-state index contributed by atoms with van der Waals surface area (Å²) in [6, 6.07) is 7.62. The van der Waals surface area contributed by atoms with Crippen LogP contribution in [0.3, 0.4) is 0 Å². The lowest BCUT2D eigenvalue weighted by atomic mass is 10.1. The van der Waals surface area contributed by atoms with Crippen molar-refractivity contribution in [3.8, 4) is 5.75 Å². The number of ether oxygens (including phenoxy) is 1. The third-order valence-corrected chi connectivity index (χ3v) is 4.07. The fourth-order valence-corrected chi connectivity index (χ4v) is 2.87. The van der Waals surface area contributed by atoms with E-state index in [1.807, 2.05) is 31.2 Å². The summed E-state index contributed by atoms with van der Waals surface area (Å²) in [5, 5.41) is 0. The molecule has 1 unspecified atom stereocenters. The van der Waals surface area contributed by atoms with Gasteiger partial charge in [-0.1, -0.05) is 20.3 Å². The Morgan fingerprint density at radius 1 is 1.14 bits per heavy atom. The molecule has 0 bridgehead atoms. The smallest absolute Gasteiger partial charge is 0.162 e. The Labute approximate surface area is 128 Å². The lowest BCUT2D eigenvalue weighted by Gasteiger charge is -2.34. The molecule has 1 aliphatic rings. The quantitative estimate of drug-likeness (QED) is 0.702. The molecule has 1 fully saturated rings. The maximum absolute atomic E-state index is 11.8. The second kappa shape index (κ2) is 8.18. The van der Waals surface area contributed by atoms with Crippen LogP contribution in [0.25, 0.3) is 0 Å². The molecule has 1 aromatic carbocycles. The van der Waals surface area contributed by atoms with Crippen LogP contribution in [0.1, 0.15) is 62.7 Å². The molecule has 3 heteroatoms. The summed E-state index contributed by atoms with van der Waals surface area (Å²) >= 11 is 0. The summed E-state index contributed by atoms with van der Waals surface area (Å²) < 4.78 is 6.11. The molecule has 0 aromatic heterocycles. The van der Waals surface area contributed by atoms with Gasteiger partial charge in [0.05, 0.1) is 0 Å². The molecule has 3 nitrogen and oxygen atoms in total. The summed E-state index contributed by atoms with van der Waals surface area (Å²) in [7, 11) is 0. The minimum Gasteiger partial charge on any atom is -0.475 e. The number of rotatable bonds is 7. The van der Waals surface area contributed by atoms with Crippen molar-refractivity contribution in [2.24, 2.45) is 0 Å². The highest BCUT2D eigenvalue weighted by Gasteiger charge is 2.20. The SMILES string of the molecule is CCCC(=O)c1ccc(OC(CC)N2CCCCC2)cc1. The van der Waals surface area contributed by atoms with Crippen molar-refractivity contribution in [2.45, 2.75) is 58.6 Å². The summed E-state index contributed by atoms with van der Waals surface area (Å²) in [4.78, 5) is 14.3. The summed E-state index contributed by atoms with van der Waals surface area (Å²) in [6.45, 7) is 6.45. The third kappa shape index (κ3) is 4.57. The van der Waals surface area contributed by atoms with Crippen molar-refractivity contribution in [1.29, 1.82) is 0 Å². The molecular weight excluding hydrogens is 262 g/mol. The molecule has 1 saturated heterocycles. The second-order valence-electron chi connectivity index (χ2n) is 5.77. The number of carbonyl (C=O) groups is 1. The zero-order valence-electron chi connectivity index (χ0n) is 13.3. The molecular formula is C18H27NO2. The molecule has 1 atom stereocenters. The average molecular weight is 289 g/mol. The fourth-order valence-electron chi connectivity index (χ4n) is 2.87. The highest BCUT2D eigenvalue weighted by molar-refractivity contribution is 5.96. The number of Topliss-reactive ketones (excluding diaryl/α,β-unsaturated/α-hetero) is 1. The maximum Gasteiger partial charge on any atom is 0.162 e. The fraction of sp³-hybridized carbons (Fsp3) is 0.611. The molecule has 0 aliphatic carbocycles. The predicted molar refractivity (Wildman–Crippen MR) is 85.8 cm³/mol. The highest BCUT2D eigenvalue weighted by Crippen LogP contribution is 2.20. The first kappa shape index (κ1) is 16.0. The van der Waals surface area contributed by atoms with Gasteiger partial charge in [-0.05, 0) is 49.9 Å². The topological polar surface area (TPSA) is 29.5 Å². The van der Waals surface area contributed by atoms with E-state index in [1.54, 1.807) is 0 Å². The van der Waals surface area contributed by atoms with E-state index in [9.17, 15) is 4.79 Å². The van der Waals surface area contributed by atoms with Crippen LogP contribution in [-0.2, 0) is 0 Å². The number of nitrogens with zero attached hydrogens (tertiary/aromatic N) is 1. The second-order valence-corrected chi connectivity index (χ2v) is 5.77. The minimum atomic E-state index is 0.155. The summed E-state index contributed by atoms with van der Waals surface area (Å²) in [5.74, 6) is 1.08. The van der Waals surface area contributed by atoms with Crippen LogP contribution in [0.15, 0.2) is 24.3 Å². The van der Waals surface area contributed by atoms with Crippen molar-refractivity contribution in [2.75, 3.05) is 13.1 Å². The van der Waals surface area contributed by atoms with Crippen LogP contribution in [0.5, 0.6) is 5.75 Å². The molecule has 21 heavy (non-hydrogen) atoms. The van der Waals surface area contributed by atoms with Crippen LogP contribution in [0.2, 0.25) is 0 Å². The highest BCUT2D eigenvalue weighted by atomic mass is 16.5. The first-order valence-electron chi connectivity index (χ1n) is 8.28. The van der Waals surface area contributed by atoms with E-state index in [0.717, 1.165) is 37.2 Å². The van der Waals surface area contributed by atoms with Crippen LogP contribution in [-0.4, -0.2) is 30.0 Å². The number of likely N-dealkylation sites (tertiary alicyclic amines) is 1. The minimum absolute atomic E-state index is 0.155. The van der Waals surface area contributed by atoms with Crippen LogP contribution in [0, 0.1) is 0 Å². The summed E-state index contributed by atoms with van der Waals surface area (Å²) in [6.07, 6.45) is 6.52. The number of hydrogen-bond acceptors (Lipinski definition) is 3. The molecule has 116 valence electrons. The molecule has 0 spiro atoms. The van der Waals surface area contributed by atoms with Crippen molar-refractivity contribution in [3.63, 3.8) is 0 Å². The Balaban J connectivity index is 1.96. The van der Waals surface area contributed by atoms with Gasteiger partial charge < -0.3 is 4.74 Å². The number of carbonyl (C=O) groups excluding carboxylic acids is 1. The standard InChI is InChI=1S/C18H27NO2/c1-3-8-17(20)15-9-11-16(12-10-15)21-18(4-2)19-13-6-5-7-14-19/h9-12,18H,3-8,13-14H2,1-2H3. The van der Waals surface area contributed by atoms with Gasteiger partial charge in [-0.25, -0.2) is 0 Å². The van der Waals surface area contributed by atoms with Gasteiger partial charge >= 0.3 is 0 Å². The zero-order chi connectivity index (χ0) is 15.1. The first-order chi connectivity index (χ1) is 10.2. The van der Waals surface area contributed by atoms with Gasteiger partial charge in [0.25, 0.3) is 0 Å². The van der Waals surface area contributed by atoms with E-state index in [-0.39, 0.29) is 12.0 Å². The summed E-state index contributed by atoms with van der Waals surface area (Å²) in [5.41, 5.74) is 0.787. The molecule has 0 amide bonds. The van der Waals surface area contributed by atoms with E-state index >= 15 is 0 Å². The van der Waals surface area contributed by atoms with Crippen molar-refractivity contribution in [1.82, 2.24) is 4.90 Å². The zero-order valence-corrected chi connectivity index (χ0v) is 13.3. The van der Waals surface area contributed by atoms with E-state index in [4.69, 9.17) is 4.74 Å². The average Bonchev–Trinajstić information content (AvgIpc) is 2.54. The first-order valence-corrected chi connectivity index (χ1v) is 8.28. The van der Waals surface area contributed by atoms with Crippen LogP contribution >= 0.6 is 0 Å². The van der Waals surface area contributed by atoms with Gasteiger partial charge in [0.1, 0.15) is 5.75 Å². The largest absolute Gasteiger partial charge is 0.475 e. The monoisotopic (exact) mass is 289 g/mol. The Morgan fingerprint density at radius 2 is 1.81 bits per heavy atom. The predicted octanol–water partition coefficient (Wildman–Crippen LogP) is 4.27. The van der Waals surface area contributed by atoms with Crippen molar-refractivity contribution in [3.05, 3.63) is 29.8 Å². The van der Waals surface area contributed by atoms with Crippen molar-refractivity contribution < 1.29 is 9.53 Å². The lowest BCUT2D eigenvalue weighted by Crippen LogP contribution is -2.42. The molecule has 0 saturated carbocycles. The van der Waals surface area contributed by atoms with E-state index in [1.165, 1.54) is 19.3 Å². The van der Waals surface area contributed by atoms with Crippen LogP contribution in [0.4, 0.5) is 0 Å². The third-order valence-electron chi connectivity index (χ3n) is 4.07. The van der Waals surface area contributed by atoms with Crippen LogP contribution < -0.4 is 4.74 Å². The van der Waals surface area contributed by atoms with E-state index < -0.39 is 0 Å². The van der Waals surface area contributed by atoms with Crippen molar-refractivity contribution >= 4 is 5.78 Å². The maximum atomic E-state index is 11.8. The van der Waals surface area contributed by atoms with Gasteiger partial charge in [-0.3, -0.25) is 9.69 Å². The lowest BCUT2D eigenvalue weighted by molar-refractivity contribution is 0.00982. The van der Waals surface area contributed by atoms with Gasteiger partial charge in [-0.2, -0.15) is 0 Å². The van der Waals surface area contributed by atoms with Gasteiger partial charge in [0, 0.05) is 25.1 Å². The molecule has 1 heterocycles. The van der Waals surface area contributed by atoms with Gasteiger partial charge in [0.15, 0.2) is 12.0 Å². The molecule has 0 radical (unpaired) electrons. The number of piperidine rings is 1. The Morgan fingerprint density at radius 3 is 2.38 bits per heavy atom.